The Morgan fingerprint density at radius 3 is 2.17 bits per heavy atom. The van der Waals surface area contributed by atoms with E-state index < -0.39 is 5.97 Å². The molecule has 0 N–H and O–H groups in total. The van der Waals surface area contributed by atoms with Crippen LogP contribution in [0.4, 0.5) is 0 Å². The van der Waals surface area contributed by atoms with Gasteiger partial charge in [-0.1, -0.05) is 98.7 Å². The van der Waals surface area contributed by atoms with Gasteiger partial charge in [0.05, 0.1) is 12.0 Å². The number of rotatable bonds is 12. The monoisotopic (exact) mass is 539 g/mol. The standard InChI is InChI=1S/C33H33NO6/c1-2-3-4-5-6-13-18-27-22-34(30(36)21-28(27)35)20-19-29-31(38-23-25-14-9-7-10-15-25)32(33(37)40-29)39-24-26-16-11-8-12-17-26/h7-12,14-17,19,22H,2-6,20-21,23-24H2,1H3/b29-19-. The van der Waals surface area contributed by atoms with E-state index in [1.165, 1.54) is 11.1 Å². The molecule has 2 heterocycles. The fraction of sp³-hybridized carbons (Fsp3) is 0.303. The average Bonchev–Trinajstić information content (AvgIpc) is 3.27. The molecule has 0 spiro atoms. The van der Waals surface area contributed by atoms with Crippen LogP contribution in [0.5, 0.6) is 0 Å². The van der Waals surface area contributed by atoms with E-state index in [1.54, 1.807) is 6.08 Å². The minimum atomic E-state index is -0.671. The Morgan fingerprint density at radius 2 is 1.52 bits per heavy atom. The number of allylic oxidation sites excluding steroid dienone is 1. The quantitative estimate of drug-likeness (QED) is 0.148. The highest BCUT2D eigenvalue weighted by molar-refractivity contribution is 6.12. The van der Waals surface area contributed by atoms with Crippen LogP contribution in [0.3, 0.4) is 0 Å². The Hall–Kier alpha value is -4.57. The van der Waals surface area contributed by atoms with Crippen molar-refractivity contribution < 1.29 is 28.6 Å². The van der Waals surface area contributed by atoms with Crippen molar-refractivity contribution in [1.82, 2.24) is 4.90 Å². The molecule has 2 aromatic carbocycles. The molecule has 40 heavy (non-hydrogen) atoms. The Bertz CT molecular complexity index is 1360. The second kappa shape index (κ2) is 14.5. The summed E-state index contributed by atoms with van der Waals surface area (Å²) >= 11 is 0. The first-order valence-corrected chi connectivity index (χ1v) is 13.6. The number of nitrogens with zero attached hydrogens (tertiary/aromatic N) is 1. The van der Waals surface area contributed by atoms with E-state index in [4.69, 9.17) is 14.2 Å². The molecule has 4 rings (SSSR count). The zero-order valence-corrected chi connectivity index (χ0v) is 22.7. The number of hydrogen-bond acceptors (Lipinski definition) is 6. The molecule has 7 heteroatoms. The van der Waals surface area contributed by atoms with Crippen molar-refractivity contribution in [2.24, 2.45) is 0 Å². The Kier molecular flexibility index (Phi) is 10.3. The number of amides is 1. The number of cyclic esters (lactones) is 1. The maximum absolute atomic E-state index is 12.8. The van der Waals surface area contributed by atoms with Crippen molar-refractivity contribution in [1.29, 1.82) is 0 Å². The van der Waals surface area contributed by atoms with Gasteiger partial charge in [-0.15, -0.1) is 0 Å². The zero-order valence-electron chi connectivity index (χ0n) is 22.7. The van der Waals surface area contributed by atoms with Gasteiger partial charge in [0, 0.05) is 19.2 Å². The van der Waals surface area contributed by atoms with Gasteiger partial charge in [0.15, 0.2) is 11.5 Å². The van der Waals surface area contributed by atoms with Gasteiger partial charge in [-0.05, 0) is 23.6 Å². The van der Waals surface area contributed by atoms with Crippen molar-refractivity contribution in [2.75, 3.05) is 6.54 Å². The zero-order chi connectivity index (χ0) is 28.2. The normalized spacial score (nSPS) is 16.0. The van der Waals surface area contributed by atoms with E-state index in [0.29, 0.717) is 12.0 Å². The van der Waals surface area contributed by atoms with Crippen molar-refractivity contribution in [2.45, 2.75) is 58.7 Å². The van der Waals surface area contributed by atoms with Crippen molar-refractivity contribution in [3.63, 3.8) is 0 Å². The maximum atomic E-state index is 12.8. The van der Waals surface area contributed by atoms with E-state index >= 15 is 0 Å². The van der Waals surface area contributed by atoms with E-state index in [9.17, 15) is 14.4 Å². The highest BCUT2D eigenvalue weighted by atomic mass is 16.6. The lowest BCUT2D eigenvalue weighted by Crippen LogP contribution is -2.33. The molecule has 0 saturated carbocycles. The molecule has 0 saturated heterocycles. The van der Waals surface area contributed by atoms with Gasteiger partial charge in [-0.2, -0.15) is 0 Å². The molecule has 0 unspecified atom stereocenters. The number of Topliss-reactive ketones (excluding diaryl/α,β-unsaturated/α-hetero) is 1. The first kappa shape index (κ1) is 28.4. The number of hydrogen-bond donors (Lipinski definition) is 0. The van der Waals surface area contributed by atoms with Gasteiger partial charge in [0.2, 0.25) is 11.7 Å². The van der Waals surface area contributed by atoms with Crippen LogP contribution < -0.4 is 0 Å². The summed E-state index contributed by atoms with van der Waals surface area (Å²) < 4.78 is 17.4. The van der Waals surface area contributed by atoms with E-state index in [2.05, 4.69) is 18.8 Å². The molecule has 2 aliphatic heterocycles. The summed E-state index contributed by atoms with van der Waals surface area (Å²) in [4.78, 5) is 39.1. The smallest absolute Gasteiger partial charge is 0.383 e. The molecule has 0 fully saturated rings. The van der Waals surface area contributed by atoms with Crippen LogP contribution in [-0.2, 0) is 41.8 Å². The summed E-state index contributed by atoms with van der Waals surface area (Å²) in [5, 5.41) is 0. The third kappa shape index (κ3) is 7.97. The van der Waals surface area contributed by atoms with Crippen LogP contribution >= 0.6 is 0 Å². The molecule has 7 nitrogen and oxygen atoms in total. The fourth-order valence-electron chi connectivity index (χ4n) is 4.12. The van der Waals surface area contributed by atoms with Crippen molar-refractivity contribution in [3.05, 3.63) is 107 Å². The summed E-state index contributed by atoms with van der Waals surface area (Å²) in [6.45, 7) is 2.57. The Labute approximate surface area is 235 Å². The van der Waals surface area contributed by atoms with E-state index in [-0.39, 0.29) is 55.1 Å². The van der Waals surface area contributed by atoms with Crippen LogP contribution in [0.25, 0.3) is 0 Å². The highest BCUT2D eigenvalue weighted by Crippen LogP contribution is 2.30. The molecular formula is C33H33NO6. The summed E-state index contributed by atoms with van der Waals surface area (Å²) in [6, 6.07) is 19.0. The lowest BCUT2D eigenvalue weighted by Gasteiger charge is -2.21. The summed E-state index contributed by atoms with van der Waals surface area (Å²) in [5.41, 5.74) is 2.09. The minimum Gasteiger partial charge on any atom is -0.481 e. The van der Waals surface area contributed by atoms with E-state index in [1.807, 2.05) is 60.7 Å². The SMILES string of the molecule is CCCCCCC#CC1=CN(C/C=C2\OC(=O)C(OCc3ccccc3)=C2OCc2ccccc2)C(=O)CC1=O. The molecule has 206 valence electrons. The first-order chi connectivity index (χ1) is 19.5. The molecule has 0 radical (unpaired) electrons. The number of ketones is 1. The average molecular weight is 540 g/mol. The molecule has 0 aromatic heterocycles. The number of esters is 1. The molecule has 0 aliphatic carbocycles. The Morgan fingerprint density at radius 1 is 0.875 bits per heavy atom. The molecular weight excluding hydrogens is 506 g/mol. The van der Waals surface area contributed by atoms with Gasteiger partial charge >= 0.3 is 5.97 Å². The van der Waals surface area contributed by atoms with Gasteiger partial charge in [-0.3, -0.25) is 9.59 Å². The molecule has 0 bridgehead atoms. The predicted octanol–water partition coefficient (Wildman–Crippen LogP) is 5.73. The summed E-state index contributed by atoms with van der Waals surface area (Å²) in [6.07, 6.45) is 7.90. The van der Waals surface area contributed by atoms with Crippen LogP contribution in [0.2, 0.25) is 0 Å². The van der Waals surface area contributed by atoms with Crippen LogP contribution in [0.1, 0.15) is 56.6 Å². The third-order valence-corrected chi connectivity index (χ3v) is 6.34. The lowest BCUT2D eigenvalue weighted by atomic mass is 10.0. The molecule has 2 aliphatic rings. The number of carbonyl (C=O) groups is 3. The topological polar surface area (TPSA) is 82.1 Å². The second-order valence-corrected chi connectivity index (χ2v) is 9.47. The number of ether oxygens (including phenoxy) is 3. The highest BCUT2D eigenvalue weighted by Gasteiger charge is 2.34. The van der Waals surface area contributed by atoms with Gasteiger partial charge in [-0.25, -0.2) is 4.79 Å². The number of benzene rings is 2. The third-order valence-electron chi connectivity index (χ3n) is 6.34. The number of unbranched alkanes of at least 4 members (excludes halogenated alkanes) is 4. The molecule has 2 aromatic rings. The maximum Gasteiger partial charge on any atom is 0.383 e. The largest absolute Gasteiger partial charge is 0.481 e. The van der Waals surface area contributed by atoms with Crippen molar-refractivity contribution >= 4 is 17.7 Å². The van der Waals surface area contributed by atoms with Gasteiger partial charge < -0.3 is 19.1 Å². The molecule has 1 amide bonds. The van der Waals surface area contributed by atoms with E-state index in [0.717, 1.165) is 36.8 Å². The van der Waals surface area contributed by atoms with Crippen molar-refractivity contribution in [3.8, 4) is 11.8 Å². The first-order valence-electron chi connectivity index (χ1n) is 13.6. The Balaban J connectivity index is 1.51. The minimum absolute atomic E-state index is 0.0312. The summed E-state index contributed by atoms with van der Waals surface area (Å²) in [7, 11) is 0. The van der Waals surface area contributed by atoms with Crippen LogP contribution in [0.15, 0.2) is 95.8 Å². The second-order valence-electron chi connectivity index (χ2n) is 9.47. The predicted molar refractivity (Wildman–Crippen MR) is 150 cm³/mol. The van der Waals surface area contributed by atoms with Gasteiger partial charge in [0.1, 0.15) is 13.2 Å². The van der Waals surface area contributed by atoms with Crippen LogP contribution in [-0.4, -0.2) is 29.1 Å². The fourth-order valence-corrected chi connectivity index (χ4v) is 4.12. The lowest BCUT2D eigenvalue weighted by molar-refractivity contribution is -0.137. The molecule has 0 atom stereocenters. The van der Waals surface area contributed by atoms with Crippen LogP contribution in [0, 0.1) is 11.8 Å². The van der Waals surface area contributed by atoms with Gasteiger partial charge in [0.25, 0.3) is 5.76 Å². The number of carbonyl (C=O) groups excluding carboxylic acids is 3. The summed E-state index contributed by atoms with van der Waals surface area (Å²) in [5.74, 6) is 4.96.